The van der Waals surface area contributed by atoms with Gasteiger partial charge in [0.1, 0.15) is 17.3 Å². The van der Waals surface area contributed by atoms with Crippen molar-refractivity contribution in [3.63, 3.8) is 0 Å². The van der Waals surface area contributed by atoms with E-state index in [1.54, 1.807) is 25.3 Å². The maximum absolute atomic E-state index is 13.1. The normalized spacial score (nSPS) is 15.5. The average Bonchev–Trinajstić information content (AvgIpc) is 3.49. The highest BCUT2D eigenvalue weighted by Crippen LogP contribution is 2.28. The topological polar surface area (TPSA) is 96.7 Å². The van der Waals surface area contributed by atoms with Crippen LogP contribution in [0.15, 0.2) is 66.1 Å². The van der Waals surface area contributed by atoms with Crippen molar-refractivity contribution in [3.8, 4) is 22.8 Å². The highest BCUT2D eigenvalue weighted by Gasteiger charge is 2.25. The highest BCUT2D eigenvalue weighted by atomic mass is 32.2. The lowest BCUT2D eigenvalue weighted by Gasteiger charge is -2.13. The third-order valence-corrected chi connectivity index (χ3v) is 6.24. The molecule has 1 unspecified atom stereocenters. The molecule has 1 atom stereocenters. The summed E-state index contributed by atoms with van der Waals surface area (Å²) in [5.74, 6) is 1.17. The van der Waals surface area contributed by atoms with Gasteiger partial charge in [0, 0.05) is 0 Å². The minimum Gasteiger partial charge on any atom is -0.497 e. The Morgan fingerprint density at radius 3 is 2.74 bits per heavy atom. The average molecular weight is 430 g/mol. The third-order valence-electron chi connectivity index (χ3n) is 5.15. The predicted octanol–water partition coefficient (Wildman–Crippen LogP) is 4.11. The Balaban J connectivity index is 1.69. The standard InChI is InChI=1S/C23H19N5O2S/c1-30-15-10-8-14(9-11-15)28-22(24)16(23-25-17-5-2-3-6-18(17)26-23)13-19(27-28)21(29)20-7-4-12-31-20/h2-6,8-13,20,24H,7H2,1H3,(H,25,26). The minimum absolute atomic E-state index is 0.0605. The van der Waals surface area contributed by atoms with E-state index in [4.69, 9.17) is 10.1 Å². The van der Waals surface area contributed by atoms with Gasteiger partial charge in [-0.2, -0.15) is 5.10 Å². The van der Waals surface area contributed by atoms with Gasteiger partial charge in [-0.3, -0.25) is 10.2 Å². The number of fused-ring (bicyclic) bond motifs is 1. The van der Waals surface area contributed by atoms with Crippen molar-refractivity contribution in [2.45, 2.75) is 11.7 Å². The molecule has 2 N–H and O–H groups in total. The van der Waals surface area contributed by atoms with Gasteiger partial charge in [0.2, 0.25) is 0 Å². The Morgan fingerprint density at radius 1 is 1.23 bits per heavy atom. The van der Waals surface area contributed by atoms with Crippen LogP contribution in [0.5, 0.6) is 5.75 Å². The van der Waals surface area contributed by atoms with Crippen LogP contribution < -0.4 is 10.2 Å². The summed E-state index contributed by atoms with van der Waals surface area (Å²) >= 11 is 1.50. The molecule has 0 saturated heterocycles. The number of ether oxygens (including phenoxy) is 1. The van der Waals surface area contributed by atoms with Crippen molar-refractivity contribution in [1.82, 2.24) is 19.7 Å². The van der Waals surface area contributed by atoms with E-state index in [1.807, 2.05) is 47.9 Å². The fourth-order valence-electron chi connectivity index (χ4n) is 3.52. The molecule has 3 heterocycles. The zero-order valence-corrected chi connectivity index (χ0v) is 17.5. The van der Waals surface area contributed by atoms with Gasteiger partial charge < -0.3 is 9.72 Å². The maximum Gasteiger partial charge on any atom is 0.196 e. The zero-order chi connectivity index (χ0) is 21.4. The van der Waals surface area contributed by atoms with Gasteiger partial charge in [-0.25, -0.2) is 9.67 Å². The Bertz CT molecular complexity index is 1330. The van der Waals surface area contributed by atoms with Crippen LogP contribution in [0.4, 0.5) is 0 Å². The number of aromatic nitrogens is 4. The van der Waals surface area contributed by atoms with Gasteiger partial charge in [-0.05, 0) is 54.3 Å². The summed E-state index contributed by atoms with van der Waals surface area (Å²) < 4.78 is 6.71. The number of para-hydroxylation sites is 2. The first-order chi connectivity index (χ1) is 15.1. The summed E-state index contributed by atoms with van der Waals surface area (Å²) in [6.07, 6.45) is 2.67. The molecular formula is C23H19N5O2S. The van der Waals surface area contributed by atoms with Crippen LogP contribution >= 0.6 is 11.8 Å². The summed E-state index contributed by atoms with van der Waals surface area (Å²) in [5.41, 5.74) is 3.29. The number of ketones is 1. The van der Waals surface area contributed by atoms with E-state index in [0.717, 1.165) is 11.0 Å². The minimum atomic E-state index is -0.197. The number of hydrogen-bond acceptors (Lipinski definition) is 6. The number of thioether (sulfide) groups is 1. The van der Waals surface area contributed by atoms with Crippen LogP contribution in [0.25, 0.3) is 28.1 Å². The number of imidazole rings is 1. The van der Waals surface area contributed by atoms with Crippen LogP contribution in [0.1, 0.15) is 16.9 Å². The number of benzene rings is 2. The van der Waals surface area contributed by atoms with E-state index >= 15 is 0 Å². The summed E-state index contributed by atoms with van der Waals surface area (Å²) in [7, 11) is 1.60. The summed E-state index contributed by atoms with van der Waals surface area (Å²) in [5, 5.41) is 15.1. The maximum atomic E-state index is 13.1. The number of rotatable bonds is 5. The molecule has 0 spiro atoms. The second-order valence-corrected chi connectivity index (χ2v) is 8.21. The van der Waals surface area contributed by atoms with Gasteiger partial charge in [0.15, 0.2) is 11.3 Å². The van der Waals surface area contributed by atoms with Crippen LogP contribution in [-0.4, -0.2) is 37.9 Å². The first-order valence-corrected chi connectivity index (χ1v) is 10.7. The molecule has 1 aliphatic heterocycles. The van der Waals surface area contributed by atoms with Crippen LogP contribution in [0.3, 0.4) is 0 Å². The predicted molar refractivity (Wildman–Crippen MR) is 121 cm³/mol. The summed E-state index contributed by atoms with van der Waals surface area (Å²) in [4.78, 5) is 21.1. The number of allylic oxidation sites excluding steroid dienone is 1. The number of methoxy groups -OCH3 is 1. The zero-order valence-electron chi connectivity index (χ0n) is 16.7. The number of nitrogens with zero attached hydrogens (tertiary/aromatic N) is 3. The van der Waals surface area contributed by atoms with Gasteiger partial charge >= 0.3 is 0 Å². The van der Waals surface area contributed by atoms with Crippen LogP contribution in [0.2, 0.25) is 0 Å². The van der Waals surface area contributed by atoms with Gasteiger partial charge in [-0.15, -0.1) is 11.8 Å². The second-order valence-electron chi connectivity index (χ2n) is 7.10. The van der Waals surface area contributed by atoms with Crippen molar-refractivity contribution < 1.29 is 9.53 Å². The largest absolute Gasteiger partial charge is 0.497 e. The monoisotopic (exact) mass is 429 g/mol. The Labute approximate surface area is 182 Å². The molecule has 2 aromatic carbocycles. The van der Waals surface area contributed by atoms with E-state index in [9.17, 15) is 4.79 Å². The Kier molecular flexibility index (Phi) is 4.91. The molecule has 2 aromatic heterocycles. The van der Waals surface area contributed by atoms with Crippen LogP contribution in [-0.2, 0) is 0 Å². The molecule has 4 aromatic rings. The molecule has 0 radical (unpaired) electrons. The molecule has 0 fully saturated rings. The van der Waals surface area contributed by atoms with E-state index in [-0.39, 0.29) is 16.5 Å². The quantitative estimate of drug-likeness (QED) is 0.466. The number of hydrogen-bond donors (Lipinski definition) is 2. The number of aromatic amines is 1. The second kappa shape index (κ2) is 7.88. The number of Topliss-reactive ketones (excluding diaryl/α,β-unsaturated/α-hetero) is 1. The van der Waals surface area contributed by atoms with E-state index < -0.39 is 0 Å². The highest BCUT2D eigenvalue weighted by molar-refractivity contribution is 8.03. The number of carbonyl (C=O) groups is 1. The van der Waals surface area contributed by atoms with Gasteiger partial charge in [-0.1, -0.05) is 18.2 Å². The fourth-order valence-corrected chi connectivity index (χ4v) is 4.39. The van der Waals surface area contributed by atoms with E-state index in [2.05, 4.69) is 15.1 Å². The number of H-pyrrole nitrogens is 1. The van der Waals surface area contributed by atoms with Crippen molar-refractivity contribution in [3.05, 3.63) is 77.3 Å². The number of carbonyl (C=O) groups excluding carboxylic acids is 1. The molecule has 0 amide bonds. The lowest BCUT2D eigenvalue weighted by molar-refractivity contribution is 0.0984. The summed E-state index contributed by atoms with van der Waals surface area (Å²) in [6, 6.07) is 16.6. The third kappa shape index (κ3) is 3.55. The molecule has 0 aliphatic carbocycles. The van der Waals surface area contributed by atoms with Gasteiger partial charge in [0.05, 0.1) is 34.6 Å². The lowest BCUT2D eigenvalue weighted by Crippen LogP contribution is -2.28. The first-order valence-electron chi connectivity index (χ1n) is 9.77. The molecule has 5 rings (SSSR count). The molecule has 31 heavy (non-hydrogen) atoms. The SMILES string of the molecule is COc1ccc(-n2nc(C(=O)C3CC=CS3)cc(-c3nc4ccccc4[nH]3)c2=N)cc1. The van der Waals surface area contributed by atoms with E-state index in [0.29, 0.717) is 34.9 Å². The van der Waals surface area contributed by atoms with Crippen molar-refractivity contribution in [2.24, 2.45) is 0 Å². The molecule has 154 valence electrons. The number of nitrogens with one attached hydrogen (secondary N) is 2. The van der Waals surface area contributed by atoms with Crippen molar-refractivity contribution >= 4 is 28.6 Å². The molecule has 0 saturated carbocycles. The molecule has 1 aliphatic rings. The Hall–Kier alpha value is -3.65. The summed E-state index contributed by atoms with van der Waals surface area (Å²) in [6.45, 7) is 0. The smallest absolute Gasteiger partial charge is 0.196 e. The Morgan fingerprint density at radius 2 is 2.03 bits per heavy atom. The fraction of sp³-hybridized carbons (Fsp3) is 0.130. The first kappa shape index (κ1) is 19.3. The van der Waals surface area contributed by atoms with E-state index in [1.165, 1.54) is 16.4 Å². The van der Waals surface area contributed by atoms with Crippen molar-refractivity contribution in [1.29, 1.82) is 5.41 Å². The lowest BCUT2D eigenvalue weighted by atomic mass is 10.1. The molecule has 7 nitrogen and oxygen atoms in total. The van der Waals surface area contributed by atoms with Crippen molar-refractivity contribution in [2.75, 3.05) is 7.11 Å². The molecular weight excluding hydrogens is 410 g/mol. The van der Waals surface area contributed by atoms with Gasteiger partial charge in [0.25, 0.3) is 0 Å². The molecule has 0 bridgehead atoms. The van der Waals surface area contributed by atoms with Crippen LogP contribution in [0, 0.1) is 5.41 Å². The molecule has 8 heteroatoms.